The quantitative estimate of drug-likeness (QED) is 0.851. The van der Waals surface area contributed by atoms with Gasteiger partial charge in [-0.2, -0.15) is 0 Å². The Morgan fingerprint density at radius 3 is 2.76 bits per heavy atom. The number of nitrogens with two attached hydrogens (primary N) is 1. The zero-order valence-corrected chi connectivity index (χ0v) is 10.6. The molecule has 0 radical (unpaired) electrons. The Bertz CT molecular complexity index is 388. The summed E-state index contributed by atoms with van der Waals surface area (Å²) in [5, 5.41) is 0. The maximum atomic E-state index is 13.9. The van der Waals surface area contributed by atoms with Gasteiger partial charge in [0.1, 0.15) is 5.82 Å². The summed E-state index contributed by atoms with van der Waals surface area (Å²) < 4.78 is 13.9. The van der Waals surface area contributed by atoms with Crippen molar-refractivity contribution in [3.63, 3.8) is 0 Å². The molecular formula is C14H21FN2. The lowest BCUT2D eigenvalue weighted by atomic mass is 10.0. The van der Waals surface area contributed by atoms with Crippen molar-refractivity contribution in [2.75, 3.05) is 11.9 Å². The third kappa shape index (κ3) is 2.78. The van der Waals surface area contributed by atoms with Crippen LogP contribution in [0.3, 0.4) is 0 Å². The first-order valence-electron chi connectivity index (χ1n) is 6.39. The van der Waals surface area contributed by atoms with Gasteiger partial charge in [-0.25, -0.2) is 4.39 Å². The first-order valence-corrected chi connectivity index (χ1v) is 6.39. The van der Waals surface area contributed by atoms with E-state index in [1.54, 1.807) is 6.07 Å². The molecule has 2 N–H and O–H groups in total. The summed E-state index contributed by atoms with van der Waals surface area (Å²) in [6.45, 7) is 2.04. The lowest BCUT2D eigenvalue weighted by Crippen LogP contribution is -2.26. The van der Waals surface area contributed by atoms with Crippen LogP contribution in [-0.4, -0.2) is 19.1 Å². The van der Waals surface area contributed by atoms with E-state index in [1.165, 1.54) is 18.9 Å². The number of nitrogens with zero attached hydrogens (tertiary/aromatic N) is 1. The van der Waals surface area contributed by atoms with E-state index in [0.29, 0.717) is 12.5 Å². The Labute approximate surface area is 103 Å². The van der Waals surface area contributed by atoms with Crippen molar-refractivity contribution in [1.29, 1.82) is 0 Å². The van der Waals surface area contributed by atoms with E-state index in [9.17, 15) is 4.39 Å². The summed E-state index contributed by atoms with van der Waals surface area (Å²) in [5.74, 6) is -0.126. The van der Waals surface area contributed by atoms with Gasteiger partial charge in [-0.3, -0.25) is 0 Å². The Hall–Kier alpha value is -1.09. The van der Waals surface area contributed by atoms with Crippen LogP contribution in [0, 0.1) is 5.82 Å². The van der Waals surface area contributed by atoms with Crippen LogP contribution in [0.2, 0.25) is 0 Å². The van der Waals surface area contributed by atoms with E-state index in [2.05, 4.69) is 4.90 Å². The van der Waals surface area contributed by atoms with E-state index in [0.717, 1.165) is 17.7 Å². The lowest BCUT2D eigenvalue weighted by Gasteiger charge is -2.23. The lowest BCUT2D eigenvalue weighted by molar-refractivity contribution is 0.578. The Morgan fingerprint density at radius 1 is 1.47 bits per heavy atom. The van der Waals surface area contributed by atoms with Crippen LogP contribution in [-0.2, 0) is 6.42 Å². The van der Waals surface area contributed by atoms with Gasteiger partial charge in [0, 0.05) is 30.4 Å². The number of hydrogen-bond donors (Lipinski definition) is 1. The summed E-state index contributed by atoms with van der Waals surface area (Å²) in [6, 6.07) is 5.94. The summed E-state index contributed by atoms with van der Waals surface area (Å²) in [5.41, 5.74) is 7.73. The van der Waals surface area contributed by atoms with Gasteiger partial charge in [-0.1, -0.05) is 13.0 Å². The molecule has 0 heterocycles. The normalized spacial score (nSPS) is 16.9. The molecule has 3 heteroatoms. The van der Waals surface area contributed by atoms with E-state index in [1.807, 2.05) is 20.0 Å². The molecular weight excluding hydrogens is 215 g/mol. The molecule has 1 atom stereocenters. The molecule has 0 bridgehead atoms. The molecule has 94 valence electrons. The minimum Gasteiger partial charge on any atom is -0.371 e. The third-order valence-electron chi connectivity index (χ3n) is 3.56. The molecule has 1 fully saturated rings. The second-order valence-corrected chi connectivity index (χ2v) is 4.95. The van der Waals surface area contributed by atoms with Crippen molar-refractivity contribution in [3.8, 4) is 0 Å². The summed E-state index contributed by atoms with van der Waals surface area (Å²) >= 11 is 0. The van der Waals surface area contributed by atoms with Gasteiger partial charge in [0.25, 0.3) is 0 Å². The molecule has 1 aliphatic carbocycles. The standard InChI is InChI=1S/C14H21FN2/c1-3-10(16)9-12-13(15)5-4-6-14(12)17(2)11-7-8-11/h4-6,10-11H,3,7-9,16H2,1-2H3. The molecule has 17 heavy (non-hydrogen) atoms. The van der Waals surface area contributed by atoms with Crippen LogP contribution in [0.5, 0.6) is 0 Å². The highest BCUT2D eigenvalue weighted by Crippen LogP contribution is 2.33. The maximum Gasteiger partial charge on any atom is 0.128 e. The van der Waals surface area contributed by atoms with Crippen LogP contribution in [0.4, 0.5) is 10.1 Å². The van der Waals surface area contributed by atoms with Crippen LogP contribution in [0.15, 0.2) is 18.2 Å². The van der Waals surface area contributed by atoms with E-state index in [4.69, 9.17) is 5.73 Å². The molecule has 0 spiro atoms. The largest absolute Gasteiger partial charge is 0.371 e. The van der Waals surface area contributed by atoms with Gasteiger partial charge in [0.05, 0.1) is 0 Å². The molecule has 1 aromatic rings. The van der Waals surface area contributed by atoms with Gasteiger partial charge in [0.15, 0.2) is 0 Å². The Kier molecular flexibility index (Phi) is 3.67. The van der Waals surface area contributed by atoms with Crippen molar-refractivity contribution in [1.82, 2.24) is 0 Å². The second-order valence-electron chi connectivity index (χ2n) is 4.95. The molecule has 2 rings (SSSR count). The van der Waals surface area contributed by atoms with Crippen LogP contribution in [0.1, 0.15) is 31.7 Å². The number of hydrogen-bond acceptors (Lipinski definition) is 2. The first kappa shape index (κ1) is 12.4. The van der Waals surface area contributed by atoms with E-state index < -0.39 is 0 Å². The highest BCUT2D eigenvalue weighted by Gasteiger charge is 2.28. The third-order valence-corrected chi connectivity index (χ3v) is 3.56. The predicted molar refractivity (Wildman–Crippen MR) is 69.8 cm³/mol. The average molecular weight is 236 g/mol. The Balaban J connectivity index is 2.26. The van der Waals surface area contributed by atoms with E-state index >= 15 is 0 Å². The molecule has 0 aromatic heterocycles. The average Bonchev–Trinajstić information content (AvgIpc) is 3.14. The number of rotatable bonds is 5. The van der Waals surface area contributed by atoms with Crippen LogP contribution in [0.25, 0.3) is 0 Å². The smallest absolute Gasteiger partial charge is 0.128 e. The summed E-state index contributed by atoms with van der Waals surface area (Å²) in [6.07, 6.45) is 3.93. The SMILES string of the molecule is CCC(N)Cc1c(F)cccc1N(C)C1CC1. The monoisotopic (exact) mass is 236 g/mol. The maximum absolute atomic E-state index is 13.9. The molecule has 1 aromatic carbocycles. The second kappa shape index (κ2) is 5.05. The highest BCUT2D eigenvalue weighted by atomic mass is 19.1. The van der Waals surface area contributed by atoms with Crippen LogP contribution < -0.4 is 10.6 Å². The minimum absolute atomic E-state index is 0.0400. The van der Waals surface area contributed by atoms with Gasteiger partial charge < -0.3 is 10.6 Å². The molecule has 1 unspecified atom stereocenters. The zero-order chi connectivity index (χ0) is 12.4. The number of benzene rings is 1. The van der Waals surface area contributed by atoms with E-state index in [-0.39, 0.29) is 11.9 Å². The summed E-state index contributed by atoms with van der Waals surface area (Å²) in [4.78, 5) is 2.20. The molecule has 1 aliphatic rings. The van der Waals surface area contributed by atoms with Gasteiger partial charge >= 0.3 is 0 Å². The van der Waals surface area contributed by atoms with Gasteiger partial charge in [0.2, 0.25) is 0 Å². The molecule has 0 aliphatic heterocycles. The fourth-order valence-corrected chi connectivity index (χ4v) is 2.14. The van der Waals surface area contributed by atoms with Crippen molar-refractivity contribution < 1.29 is 4.39 Å². The predicted octanol–water partition coefficient (Wildman–Crippen LogP) is 2.70. The van der Waals surface area contributed by atoms with Crippen molar-refractivity contribution in [3.05, 3.63) is 29.6 Å². The number of anilines is 1. The van der Waals surface area contributed by atoms with Crippen molar-refractivity contribution in [2.24, 2.45) is 5.73 Å². The molecule has 2 nitrogen and oxygen atoms in total. The Morgan fingerprint density at radius 2 is 2.18 bits per heavy atom. The molecule has 0 amide bonds. The van der Waals surface area contributed by atoms with Gasteiger partial charge in [-0.05, 0) is 37.8 Å². The fraction of sp³-hybridized carbons (Fsp3) is 0.571. The van der Waals surface area contributed by atoms with Crippen molar-refractivity contribution in [2.45, 2.75) is 44.7 Å². The molecule has 0 saturated heterocycles. The topological polar surface area (TPSA) is 29.3 Å². The zero-order valence-electron chi connectivity index (χ0n) is 10.6. The summed E-state index contributed by atoms with van der Waals surface area (Å²) in [7, 11) is 2.05. The minimum atomic E-state index is -0.126. The fourth-order valence-electron chi connectivity index (χ4n) is 2.14. The van der Waals surface area contributed by atoms with Gasteiger partial charge in [-0.15, -0.1) is 0 Å². The van der Waals surface area contributed by atoms with Crippen molar-refractivity contribution >= 4 is 5.69 Å². The van der Waals surface area contributed by atoms with Crippen LogP contribution >= 0.6 is 0 Å². The highest BCUT2D eigenvalue weighted by molar-refractivity contribution is 5.55. The number of halogens is 1. The molecule has 1 saturated carbocycles. The first-order chi connectivity index (χ1) is 8.13.